The summed E-state index contributed by atoms with van der Waals surface area (Å²) in [5, 5.41) is 0. The van der Waals surface area contributed by atoms with E-state index in [2.05, 4.69) is 28.6 Å². The SMILES string of the molecule is CC#CCCN1CC2CCCCN2CC1CC. The molecule has 0 amide bonds. The van der Waals surface area contributed by atoms with Crippen molar-refractivity contribution in [2.24, 2.45) is 0 Å². The Hall–Kier alpha value is -0.520. The molecule has 2 heterocycles. The molecule has 0 aromatic heterocycles. The van der Waals surface area contributed by atoms with Crippen molar-refractivity contribution in [1.29, 1.82) is 0 Å². The predicted octanol–water partition coefficient (Wildman–Crippen LogP) is 2.35. The Balaban J connectivity index is 1.91. The van der Waals surface area contributed by atoms with Crippen LogP contribution in [0.2, 0.25) is 0 Å². The molecule has 0 radical (unpaired) electrons. The van der Waals surface area contributed by atoms with E-state index in [4.69, 9.17) is 0 Å². The zero-order chi connectivity index (χ0) is 12.1. The van der Waals surface area contributed by atoms with Gasteiger partial charge in [-0.2, -0.15) is 0 Å². The molecule has 0 aromatic carbocycles. The van der Waals surface area contributed by atoms with Crippen LogP contribution in [0, 0.1) is 11.8 Å². The number of piperidine rings is 1. The van der Waals surface area contributed by atoms with Crippen molar-refractivity contribution < 1.29 is 0 Å². The maximum Gasteiger partial charge on any atom is 0.0223 e. The zero-order valence-electron chi connectivity index (χ0n) is 11.4. The van der Waals surface area contributed by atoms with Crippen LogP contribution in [0.3, 0.4) is 0 Å². The third-order valence-corrected chi connectivity index (χ3v) is 4.33. The quantitative estimate of drug-likeness (QED) is 0.692. The van der Waals surface area contributed by atoms with Crippen molar-refractivity contribution in [2.75, 3.05) is 26.2 Å². The van der Waals surface area contributed by atoms with Gasteiger partial charge < -0.3 is 0 Å². The Morgan fingerprint density at radius 3 is 2.88 bits per heavy atom. The average molecular weight is 234 g/mol. The molecule has 0 aliphatic carbocycles. The van der Waals surface area contributed by atoms with Gasteiger partial charge in [0.15, 0.2) is 0 Å². The number of piperazine rings is 1. The molecule has 0 bridgehead atoms. The largest absolute Gasteiger partial charge is 0.298 e. The zero-order valence-corrected chi connectivity index (χ0v) is 11.4. The van der Waals surface area contributed by atoms with Gasteiger partial charge in [-0.3, -0.25) is 9.80 Å². The Morgan fingerprint density at radius 2 is 2.12 bits per heavy atom. The number of rotatable bonds is 3. The van der Waals surface area contributed by atoms with Crippen LogP contribution >= 0.6 is 0 Å². The van der Waals surface area contributed by atoms with Gasteiger partial charge in [-0.15, -0.1) is 11.8 Å². The Morgan fingerprint density at radius 1 is 1.24 bits per heavy atom. The van der Waals surface area contributed by atoms with Crippen molar-refractivity contribution in [3.63, 3.8) is 0 Å². The summed E-state index contributed by atoms with van der Waals surface area (Å²) in [7, 11) is 0. The standard InChI is InChI=1S/C15H26N2/c1-3-5-7-10-16-13-15-9-6-8-11-17(15)12-14(16)4-2/h14-15H,4,6-13H2,1-2H3. The molecule has 2 saturated heterocycles. The summed E-state index contributed by atoms with van der Waals surface area (Å²) in [5.41, 5.74) is 0. The van der Waals surface area contributed by atoms with Gasteiger partial charge in [0.05, 0.1) is 0 Å². The second-order valence-electron chi connectivity index (χ2n) is 5.38. The number of nitrogens with zero attached hydrogens (tertiary/aromatic N) is 2. The van der Waals surface area contributed by atoms with Crippen LogP contribution in [-0.4, -0.2) is 48.1 Å². The van der Waals surface area contributed by atoms with Crippen molar-refractivity contribution in [3.05, 3.63) is 0 Å². The molecule has 0 spiro atoms. The summed E-state index contributed by atoms with van der Waals surface area (Å²) in [6.07, 6.45) is 6.57. The molecule has 17 heavy (non-hydrogen) atoms. The second-order valence-corrected chi connectivity index (χ2v) is 5.38. The van der Waals surface area contributed by atoms with E-state index in [-0.39, 0.29) is 0 Å². The molecule has 2 fully saturated rings. The minimum Gasteiger partial charge on any atom is -0.298 e. The van der Waals surface area contributed by atoms with Gasteiger partial charge in [0, 0.05) is 38.1 Å². The maximum atomic E-state index is 3.21. The van der Waals surface area contributed by atoms with Crippen molar-refractivity contribution in [1.82, 2.24) is 9.80 Å². The highest BCUT2D eigenvalue weighted by Crippen LogP contribution is 2.25. The van der Waals surface area contributed by atoms with E-state index in [0.717, 1.165) is 18.5 Å². The highest BCUT2D eigenvalue weighted by Gasteiger charge is 2.33. The molecule has 2 atom stereocenters. The first-order valence-corrected chi connectivity index (χ1v) is 7.22. The minimum absolute atomic E-state index is 0.767. The van der Waals surface area contributed by atoms with Crippen molar-refractivity contribution in [3.8, 4) is 11.8 Å². The van der Waals surface area contributed by atoms with Crippen LogP contribution in [0.4, 0.5) is 0 Å². The first kappa shape index (κ1) is 12.9. The first-order chi connectivity index (χ1) is 8.35. The minimum atomic E-state index is 0.767. The van der Waals surface area contributed by atoms with E-state index < -0.39 is 0 Å². The number of hydrogen-bond donors (Lipinski definition) is 0. The molecule has 96 valence electrons. The van der Waals surface area contributed by atoms with Gasteiger partial charge in [0.2, 0.25) is 0 Å². The smallest absolute Gasteiger partial charge is 0.0223 e. The van der Waals surface area contributed by atoms with Crippen molar-refractivity contribution >= 4 is 0 Å². The molecular formula is C15H26N2. The maximum absolute atomic E-state index is 3.21. The molecule has 2 heteroatoms. The van der Waals surface area contributed by atoms with Crippen LogP contribution in [0.1, 0.15) is 46.0 Å². The van der Waals surface area contributed by atoms with Gasteiger partial charge in [-0.1, -0.05) is 13.3 Å². The summed E-state index contributed by atoms with van der Waals surface area (Å²) < 4.78 is 0. The molecule has 2 aliphatic rings. The van der Waals surface area contributed by atoms with Crippen molar-refractivity contribution in [2.45, 2.75) is 58.0 Å². The number of hydrogen-bond acceptors (Lipinski definition) is 2. The summed E-state index contributed by atoms with van der Waals surface area (Å²) >= 11 is 0. The number of fused-ring (bicyclic) bond motifs is 1. The normalized spacial score (nSPS) is 30.5. The van der Waals surface area contributed by atoms with E-state index in [0.29, 0.717) is 0 Å². The molecule has 2 nitrogen and oxygen atoms in total. The molecule has 0 N–H and O–H groups in total. The second kappa shape index (κ2) is 6.42. The molecular weight excluding hydrogens is 208 g/mol. The van der Waals surface area contributed by atoms with Crippen LogP contribution < -0.4 is 0 Å². The Bertz CT molecular complexity index is 289. The monoisotopic (exact) mass is 234 g/mol. The van der Waals surface area contributed by atoms with E-state index in [9.17, 15) is 0 Å². The molecule has 0 saturated carbocycles. The molecule has 0 aromatic rings. The van der Waals surface area contributed by atoms with Crippen LogP contribution in [-0.2, 0) is 0 Å². The summed E-state index contributed by atoms with van der Waals surface area (Å²) in [4.78, 5) is 5.43. The van der Waals surface area contributed by atoms with Gasteiger partial charge in [-0.25, -0.2) is 0 Å². The fourth-order valence-corrected chi connectivity index (χ4v) is 3.30. The van der Waals surface area contributed by atoms with E-state index in [1.54, 1.807) is 0 Å². The van der Waals surface area contributed by atoms with E-state index in [1.165, 1.54) is 51.9 Å². The van der Waals surface area contributed by atoms with Crippen LogP contribution in [0.25, 0.3) is 0 Å². The third-order valence-electron chi connectivity index (χ3n) is 4.33. The lowest BCUT2D eigenvalue weighted by atomic mass is 9.95. The van der Waals surface area contributed by atoms with Gasteiger partial charge in [0.1, 0.15) is 0 Å². The summed E-state index contributed by atoms with van der Waals surface area (Å²) in [5.74, 6) is 6.22. The van der Waals surface area contributed by atoms with E-state index in [1.807, 2.05) is 6.92 Å². The fourth-order valence-electron chi connectivity index (χ4n) is 3.30. The molecule has 2 aliphatic heterocycles. The fraction of sp³-hybridized carbons (Fsp3) is 0.867. The Labute approximate surface area is 106 Å². The van der Waals surface area contributed by atoms with Gasteiger partial charge >= 0.3 is 0 Å². The van der Waals surface area contributed by atoms with Gasteiger partial charge in [-0.05, 0) is 32.7 Å². The van der Waals surface area contributed by atoms with Crippen LogP contribution in [0.15, 0.2) is 0 Å². The highest BCUT2D eigenvalue weighted by atomic mass is 15.3. The molecule has 2 unspecified atom stereocenters. The van der Waals surface area contributed by atoms with E-state index >= 15 is 0 Å². The molecule has 2 rings (SSSR count). The topological polar surface area (TPSA) is 6.48 Å². The third kappa shape index (κ3) is 3.24. The lowest BCUT2D eigenvalue weighted by Crippen LogP contribution is -2.59. The average Bonchev–Trinajstić information content (AvgIpc) is 2.38. The summed E-state index contributed by atoms with van der Waals surface area (Å²) in [6.45, 7) is 9.35. The Kier molecular flexibility index (Phi) is 4.88. The predicted molar refractivity (Wildman–Crippen MR) is 72.9 cm³/mol. The van der Waals surface area contributed by atoms with Gasteiger partial charge in [0.25, 0.3) is 0 Å². The first-order valence-electron chi connectivity index (χ1n) is 7.22. The lowest BCUT2D eigenvalue weighted by molar-refractivity contribution is 0.00884. The lowest BCUT2D eigenvalue weighted by Gasteiger charge is -2.48. The summed E-state index contributed by atoms with van der Waals surface area (Å²) in [6, 6.07) is 1.60. The highest BCUT2D eigenvalue weighted by molar-refractivity contribution is 4.97. The van der Waals surface area contributed by atoms with Crippen LogP contribution in [0.5, 0.6) is 0 Å².